The minimum Gasteiger partial charge on any atom is -0.493 e. The van der Waals surface area contributed by atoms with E-state index in [1.54, 1.807) is 0 Å². The summed E-state index contributed by atoms with van der Waals surface area (Å²) in [5.74, 6) is 1.83. The second-order valence-corrected chi connectivity index (χ2v) is 7.49. The van der Waals surface area contributed by atoms with Gasteiger partial charge in [-0.1, -0.05) is 60.7 Å². The summed E-state index contributed by atoms with van der Waals surface area (Å²) < 4.78 is 17.1. The molecule has 5 nitrogen and oxygen atoms in total. The van der Waals surface area contributed by atoms with E-state index in [2.05, 4.69) is 36.5 Å². The van der Waals surface area contributed by atoms with Gasteiger partial charge in [0, 0.05) is 11.5 Å². The summed E-state index contributed by atoms with van der Waals surface area (Å²) in [6, 6.07) is 17.9. The van der Waals surface area contributed by atoms with Crippen molar-refractivity contribution in [2.24, 2.45) is 0 Å². The number of aromatic nitrogens is 1. The fraction of sp³-hybridized carbons (Fsp3) is 0.333. The van der Waals surface area contributed by atoms with Crippen LogP contribution in [0.15, 0.2) is 59.1 Å². The molecule has 30 heavy (non-hydrogen) atoms. The molecule has 1 aromatic heterocycles. The Morgan fingerprint density at radius 1 is 1.00 bits per heavy atom. The van der Waals surface area contributed by atoms with Gasteiger partial charge in [0.25, 0.3) is 0 Å². The van der Waals surface area contributed by atoms with Crippen LogP contribution in [0.3, 0.4) is 0 Å². The van der Waals surface area contributed by atoms with E-state index in [4.69, 9.17) is 26.2 Å². The minimum atomic E-state index is -0.258. The van der Waals surface area contributed by atoms with Gasteiger partial charge in [-0.2, -0.15) is 0 Å². The summed E-state index contributed by atoms with van der Waals surface area (Å²) >= 11 is 5.67. The maximum atomic E-state index is 5.76. The van der Waals surface area contributed by atoms with Gasteiger partial charge in [0.1, 0.15) is 16.5 Å². The van der Waals surface area contributed by atoms with Gasteiger partial charge < -0.3 is 19.3 Å². The summed E-state index contributed by atoms with van der Waals surface area (Å²) in [5.41, 5.74) is 2.49. The molecule has 1 unspecified atom stereocenters. The van der Waals surface area contributed by atoms with Crippen LogP contribution >= 0.6 is 12.2 Å². The van der Waals surface area contributed by atoms with Crippen molar-refractivity contribution in [3.8, 4) is 11.5 Å². The first-order valence-electron chi connectivity index (χ1n) is 10.3. The van der Waals surface area contributed by atoms with Crippen LogP contribution in [-0.2, 0) is 5.41 Å². The largest absolute Gasteiger partial charge is 0.493 e. The lowest BCUT2D eigenvalue weighted by Gasteiger charge is -2.26. The molecule has 158 valence electrons. The van der Waals surface area contributed by atoms with Crippen LogP contribution in [0.2, 0.25) is 0 Å². The molecule has 0 aliphatic rings. The lowest BCUT2D eigenvalue weighted by molar-refractivity contribution is 0.322. The Morgan fingerprint density at radius 2 is 1.63 bits per heavy atom. The van der Waals surface area contributed by atoms with Gasteiger partial charge in [-0.3, -0.25) is 0 Å². The van der Waals surface area contributed by atoms with Crippen molar-refractivity contribution in [1.29, 1.82) is 0 Å². The van der Waals surface area contributed by atoms with Crippen molar-refractivity contribution < 1.29 is 14.0 Å². The Kier molecular flexibility index (Phi) is 7.11. The zero-order chi connectivity index (χ0) is 21.6. The fourth-order valence-corrected chi connectivity index (χ4v) is 3.70. The van der Waals surface area contributed by atoms with Crippen LogP contribution in [0.1, 0.15) is 50.9 Å². The molecule has 0 fully saturated rings. The van der Waals surface area contributed by atoms with E-state index in [1.165, 1.54) is 5.56 Å². The van der Waals surface area contributed by atoms with Gasteiger partial charge in [0.15, 0.2) is 0 Å². The molecule has 1 atom stereocenters. The molecule has 1 heterocycles. The van der Waals surface area contributed by atoms with E-state index in [0.29, 0.717) is 41.1 Å². The molecule has 6 heteroatoms. The number of hydrogen-bond donors (Lipinski definition) is 1. The average Bonchev–Trinajstić information content (AvgIpc) is 3.23. The molecule has 0 aliphatic carbocycles. The lowest BCUT2D eigenvalue weighted by atomic mass is 9.77. The maximum Gasteiger partial charge on any atom is 0.229 e. The molecule has 3 aromatic rings. The topological polar surface area (TPSA) is 56.5 Å². The number of rotatable bonds is 9. The number of nitrogens with one attached hydrogen (secondary N) is 1. The van der Waals surface area contributed by atoms with E-state index < -0.39 is 0 Å². The molecule has 1 N–H and O–H groups in total. The van der Waals surface area contributed by atoms with Gasteiger partial charge in [0.2, 0.25) is 5.88 Å². The maximum absolute atomic E-state index is 5.76. The lowest BCUT2D eigenvalue weighted by Crippen LogP contribution is -2.22. The summed E-state index contributed by atoms with van der Waals surface area (Å²) in [6.07, 6.45) is 0.884. The second-order valence-electron chi connectivity index (χ2n) is 7.08. The Balaban J connectivity index is 1.89. The Hall–Kier alpha value is -2.86. The normalized spacial score (nSPS) is 12.8. The summed E-state index contributed by atoms with van der Waals surface area (Å²) in [5, 5.41) is 7.51. The zero-order valence-electron chi connectivity index (χ0n) is 17.9. The van der Waals surface area contributed by atoms with Crippen molar-refractivity contribution in [2.75, 3.05) is 18.5 Å². The summed E-state index contributed by atoms with van der Waals surface area (Å²) in [6.45, 7) is 9.25. The Bertz CT molecular complexity index is 963. The third-order valence-electron chi connectivity index (χ3n) is 5.24. The second kappa shape index (κ2) is 9.76. The van der Waals surface area contributed by atoms with E-state index in [9.17, 15) is 0 Å². The van der Waals surface area contributed by atoms with Crippen LogP contribution in [-0.4, -0.2) is 23.4 Å². The molecule has 0 spiro atoms. The number of hydrogen-bond acceptors (Lipinski definition) is 5. The van der Waals surface area contributed by atoms with Gasteiger partial charge in [-0.15, -0.1) is 0 Å². The van der Waals surface area contributed by atoms with Crippen LogP contribution in [0.5, 0.6) is 11.5 Å². The number of benzene rings is 2. The first kappa shape index (κ1) is 21.8. The van der Waals surface area contributed by atoms with Crippen molar-refractivity contribution in [2.45, 2.75) is 39.5 Å². The van der Waals surface area contributed by atoms with Gasteiger partial charge in [-0.25, -0.2) is 0 Å². The minimum absolute atomic E-state index is 0.258. The average molecular weight is 425 g/mol. The van der Waals surface area contributed by atoms with Crippen LogP contribution in [0, 0.1) is 0 Å². The molecule has 0 saturated heterocycles. The van der Waals surface area contributed by atoms with Gasteiger partial charge >= 0.3 is 0 Å². The third-order valence-corrected chi connectivity index (χ3v) is 5.55. The Labute approximate surface area is 183 Å². The van der Waals surface area contributed by atoms with Crippen molar-refractivity contribution >= 4 is 23.1 Å². The van der Waals surface area contributed by atoms with Gasteiger partial charge in [-0.05, 0) is 44.9 Å². The first-order chi connectivity index (χ1) is 14.5. The number of nitrogens with zero attached hydrogens (tertiary/aromatic N) is 1. The molecule has 3 rings (SSSR count). The number of thiocarbonyl (C=S) groups is 1. The van der Waals surface area contributed by atoms with E-state index in [0.717, 1.165) is 12.1 Å². The fourth-order valence-electron chi connectivity index (χ4n) is 3.39. The van der Waals surface area contributed by atoms with Crippen LogP contribution in [0.4, 0.5) is 5.88 Å². The first-order valence-corrected chi connectivity index (χ1v) is 10.7. The molecular formula is C24H28N2O3S. The molecule has 0 saturated carbocycles. The molecule has 0 amide bonds. The number of ether oxygens (including phenoxy) is 2. The van der Waals surface area contributed by atoms with Crippen LogP contribution < -0.4 is 14.8 Å². The monoisotopic (exact) mass is 424 g/mol. The highest BCUT2D eigenvalue weighted by Crippen LogP contribution is 2.36. The molecule has 2 aromatic carbocycles. The summed E-state index contributed by atoms with van der Waals surface area (Å²) in [4.78, 5) is 0.461. The molecule has 0 radical (unpaired) electrons. The predicted octanol–water partition coefficient (Wildman–Crippen LogP) is 5.98. The molecular weight excluding hydrogens is 396 g/mol. The van der Waals surface area contributed by atoms with Crippen molar-refractivity contribution in [3.05, 3.63) is 71.4 Å². The molecule has 0 bridgehead atoms. The smallest absolute Gasteiger partial charge is 0.229 e. The molecule has 0 aliphatic heterocycles. The predicted molar refractivity (Wildman–Crippen MR) is 124 cm³/mol. The SMILES string of the molecule is CCOc1cccc(OCC)c1C(=S)Nc1cc(C(C)(CC)c2ccccc2)no1. The van der Waals surface area contributed by atoms with Crippen molar-refractivity contribution in [3.63, 3.8) is 0 Å². The van der Waals surface area contributed by atoms with E-state index >= 15 is 0 Å². The van der Waals surface area contributed by atoms with E-state index in [-0.39, 0.29) is 5.41 Å². The Morgan fingerprint density at radius 3 is 2.20 bits per heavy atom. The van der Waals surface area contributed by atoms with Crippen molar-refractivity contribution in [1.82, 2.24) is 5.16 Å². The zero-order valence-corrected chi connectivity index (χ0v) is 18.7. The quantitative estimate of drug-likeness (QED) is 0.427. The number of anilines is 1. The van der Waals surface area contributed by atoms with E-state index in [1.807, 2.05) is 56.3 Å². The third kappa shape index (κ3) is 4.49. The highest BCUT2D eigenvalue weighted by atomic mass is 32.1. The standard InChI is InChI=1S/C24H28N2O3S/c1-5-24(4,17-12-9-8-10-13-17)20-16-21(29-26-20)25-23(30)22-18(27-6-2)14-11-15-19(22)28-7-3/h8-16H,5-7H2,1-4H3,(H,25,30). The highest BCUT2D eigenvalue weighted by Gasteiger charge is 2.31. The highest BCUT2D eigenvalue weighted by molar-refractivity contribution is 7.81. The summed E-state index contributed by atoms with van der Waals surface area (Å²) in [7, 11) is 0. The van der Waals surface area contributed by atoms with Gasteiger partial charge in [0.05, 0.1) is 24.5 Å². The van der Waals surface area contributed by atoms with Crippen LogP contribution in [0.25, 0.3) is 0 Å².